The van der Waals surface area contributed by atoms with Gasteiger partial charge in [-0.15, -0.1) is 0 Å². The summed E-state index contributed by atoms with van der Waals surface area (Å²) in [6.07, 6.45) is 2.90. The maximum absolute atomic E-state index is 11.5. The van der Waals surface area contributed by atoms with Crippen molar-refractivity contribution < 1.29 is 14.3 Å². The number of ether oxygens (including phenoxy) is 2. The first-order chi connectivity index (χ1) is 7.27. The Hall–Kier alpha value is -0.610. The molecule has 1 fully saturated rings. The van der Waals surface area contributed by atoms with Crippen LogP contribution in [0, 0.1) is 0 Å². The highest BCUT2D eigenvalue weighted by Crippen LogP contribution is 2.08. The van der Waals surface area contributed by atoms with E-state index in [0.29, 0.717) is 19.3 Å². The Bertz CT molecular complexity index is 190. The molecule has 1 saturated heterocycles. The lowest BCUT2D eigenvalue weighted by atomic mass is 10.1. The van der Waals surface area contributed by atoms with Gasteiger partial charge < -0.3 is 9.47 Å². The van der Waals surface area contributed by atoms with Crippen molar-refractivity contribution in [3.8, 4) is 0 Å². The van der Waals surface area contributed by atoms with Crippen molar-refractivity contribution in [1.82, 2.24) is 5.32 Å². The van der Waals surface area contributed by atoms with Gasteiger partial charge in [-0.3, -0.25) is 10.1 Å². The van der Waals surface area contributed by atoms with E-state index >= 15 is 0 Å². The molecule has 0 aromatic rings. The zero-order chi connectivity index (χ0) is 11.1. The second kappa shape index (κ2) is 6.80. The Kier molecular flexibility index (Phi) is 5.65. The van der Waals surface area contributed by atoms with Gasteiger partial charge in [0.2, 0.25) is 0 Å². The van der Waals surface area contributed by atoms with Crippen LogP contribution in [-0.4, -0.2) is 37.9 Å². The smallest absolute Gasteiger partial charge is 0.323 e. The maximum atomic E-state index is 11.5. The lowest BCUT2D eigenvalue weighted by Crippen LogP contribution is -2.47. The van der Waals surface area contributed by atoms with Crippen LogP contribution in [0.15, 0.2) is 0 Å². The topological polar surface area (TPSA) is 47.6 Å². The molecule has 1 aliphatic rings. The average Bonchev–Trinajstić information content (AvgIpc) is 2.27. The van der Waals surface area contributed by atoms with Gasteiger partial charge in [0.05, 0.1) is 13.2 Å². The van der Waals surface area contributed by atoms with Crippen molar-refractivity contribution in [2.75, 3.05) is 19.8 Å². The van der Waals surface area contributed by atoms with E-state index < -0.39 is 0 Å². The lowest BCUT2D eigenvalue weighted by Gasteiger charge is -2.26. The van der Waals surface area contributed by atoms with Gasteiger partial charge in [0, 0.05) is 12.6 Å². The fraction of sp³-hybridized carbons (Fsp3) is 0.909. The number of hydrogen-bond acceptors (Lipinski definition) is 4. The van der Waals surface area contributed by atoms with E-state index in [1.165, 1.54) is 0 Å². The van der Waals surface area contributed by atoms with E-state index in [0.717, 1.165) is 25.9 Å². The zero-order valence-electron chi connectivity index (χ0n) is 9.62. The minimum Gasteiger partial charge on any atom is -0.465 e. The van der Waals surface area contributed by atoms with E-state index in [9.17, 15) is 4.79 Å². The van der Waals surface area contributed by atoms with Crippen molar-refractivity contribution in [2.45, 2.75) is 45.2 Å². The summed E-state index contributed by atoms with van der Waals surface area (Å²) in [6, 6.07) is 0.116. The fourth-order valence-electron chi connectivity index (χ4n) is 1.75. The third-order valence-corrected chi connectivity index (χ3v) is 2.58. The average molecular weight is 215 g/mol. The molecule has 15 heavy (non-hydrogen) atoms. The Balaban J connectivity index is 2.34. The molecule has 88 valence electrons. The summed E-state index contributed by atoms with van der Waals surface area (Å²) >= 11 is 0. The van der Waals surface area contributed by atoms with Crippen LogP contribution in [0.5, 0.6) is 0 Å². The summed E-state index contributed by atoms with van der Waals surface area (Å²) in [5, 5.41) is 3.29. The molecule has 0 saturated carbocycles. The molecule has 0 aliphatic carbocycles. The van der Waals surface area contributed by atoms with Gasteiger partial charge in [-0.25, -0.2) is 0 Å². The van der Waals surface area contributed by atoms with E-state index in [-0.39, 0.29) is 12.0 Å². The number of rotatable bonds is 5. The van der Waals surface area contributed by atoms with Gasteiger partial charge in [0.25, 0.3) is 0 Å². The van der Waals surface area contributed by atoms with Crippen LogP contribution in [0.3, 0.4) is 0 Å². The number of carbonyl (C=O) groups is 1. The van der Waals surface area contributed by atoms with Crippen LogP contribution in [0.4, 0.5) is 0 Å². The maximum Gasteiger partial charge on any atom is 0.323 e. The van der Waals surface area contributed by atoms with Gasteiger partial charge >= 0.3 is 5.97 Å². The Morgan fingerprint density at radius 3 is 2.93 bits per heavy atom. The second-order valence-corrected chi connectivity index (χ2v) is 3.79. The highest BCUT2D eigenvalue weighted by Gasteiger charge is 2.22. The standard InChI is InChI=1S/C11H21NO3/c1-3-10(11(13)15-4-2)12-9-6-5-7-14-8-9/h9-10,12H,3-8H2,1-2H3. The van der Waals surface area contributed by atoms with Crippen molar-refractivity contribution >= 4 is 5.97 Å². The summed E-state index contributed by atoms with van der Waals surface area (Å²) in [6.45, 7) is 5.80. The van der Waals surface area contributed by atoms with Gasteiger partial charge in [0.15, 0.2) is 0 Å². The molecule has 1 aliphatic heterocycles. The molecule has 1 rings (SSSR count). The monoisotopic (exact) mass is 215 g/mol. The molecule has 0 radical (unpaired) electrons. The number of esters is 1. The van der Waals surface area contributed by atoms with Crippen LogP contribution in [0.2, 0.25) is 0 Å². The first-order valence-electron chi connectivity index (χ1n) is 5.78. The van der Waals surface area contributed by atoms with E-state index in [1.54, 1.807) is 0 Å². The molecular formula is C11H21NO3. The van der Waals surface area contributed by atoms with Crippen molar-refractivity contribution in [2.24, 2.45) is 0 Å². The van der Waals surface area contributed by atoms with Crippen LogP contribution in [-0.2, 0) is 14.3 Å². The molecule has 0 amide bonds. The molecule has 4 nitrogen and oxygen atoms in total. The summed E-state index contributed by atoms with van der Waals surface area (Å²) in [4.78, 5) is 11.5. The molecule has 2 atom stereocenters. The summed E-state index contributed by atoms with van der Waals surface area (Å²) in [7, 11) is 0. The van der Waals surface area contributed by atoms with Crippen LogP contribution < -0.4 is 5.32 Å². The SMILES string of the molecule is CCOC(=O)C(CC)NC1CCCOC1. The highest BCUT2D eigenvalue weighted by atomic mass is 16.5. The van der Waals surface area contributed by atoms with Crippen LogP contribution in [0.1, 0.15) is 33.1 Å². The lowest BCUT2D eigenvalue weighted by molar-refractivity contribution is -0.146. The summed E-state index contributed by atoms with van der Waals surface area (Å²) in [5.41, 5.74) is 0. The van der Waals surface area contributed by atoms with Crippen LogP contribution in [0.25, 0.3) is 0 Å². The predicted octanol–water partition coefficient (Wildman–Crippen LogP) is 1.10. The molecule has 2 unspecified atom stereocenters. The molecule has 1 N–H and O–H groups in total. The van der Waals surface area contributed by atoms with Gasteiger partial charge in [-0.1, -0.05) is 6.92 Å². The Morgan fingerprint density at radius 2 is 2.40 bits per heavy atom. The van der Waals surface area contributed by atoms with Crippen molar-refractivity contribution in [3.63, 3.8) is 0 Å². The normalized spacial score (nSPS) is 23.5. The fourth-order valence-corrected chi connectivity index (χ4v) is 1.75. The third kappa shape index (κ3) is 4.18. The predicted molar refractivity (Wildman–Crippen MR) is 57.7 cm³/mol. The first kappa shape index (κ1) is 12.5. The highest BCUT2D eigenvalue weighted by molar-refractivity contribution is 5.75. The molecule has 0 spiro atoms. The summed E-state index contributed by atoms with van der Waals surface area (Å²) in [5.74, 6) is -0.148. The molecular weight excluding hydrogens is 194 g/mol. The van der Waals surface area contributed by atoms with Crippen molar-refractivity contribution in [3.05, 3.63) is 0 Å². The van der Waals surface area contributed by atoms with Gasteiger partial charge in [0.1, 0.15) is 6.04 Å². The zero-order valence-corrected chi connectivity index (χ0v) is 9.62. The van der Waals surface area contributed by atoms with Crippen LogP contribution >= 0.6 is 0 Å². The van der Waals surface area contributed by atoms with Gasteiger partial charge in [-0.05, 0) is 26.2 Å². The van der Waals surface area contributed by atoms with Gasteiger partial charge in [-0.2, -0.15) is 0 Å². The Morgan fingerprint density at radius 1 is 1.60 bits per heavy atom. The first-order valence-corrected chi connectivity index (χ1v) is 5.78. The van der Waals surface area contributed by atoms with E-state index in [1.807, 2.05) is 13.8 Å². The van der Waals surface area contributed by atoms with E-state index in [4.69, 9.17) is 9.47 Å². The van der Waals surface area contributed by atoms with Crippen molar-refractivity contribution in [1.29, 1.82) is 0 Å². The minimum absolute atomic E-state index is 0.148. The summed E-state index contributed by atoms with van der Waals surface area (Å²) < 4.78 is 10.3. The second-order valence-electron chi connectivity index (χ2n) is 3.79. The molecule has 1 heterocycles. The molecule has 0 aromatic carbocycles. The number of carbonyl (C=O) groups excluding carboxylic acids is 1. The largest absolute Gasteiger partial charge is 0.465 e. The minimum atomic E-state index is -0.184. The number of hydrogen-bond donors (Lipinski definition) is 1. The third-order valence-electron chi connectivity index (χ3n) is 2.58. The molecule has 0 aromatic heterocycles. The Labute approximate surface area is 91.3 Å². The molecule has 4 heteroatoms. The quantitative estimate of drug-likeness (QED) is 0.698. The number of nitrogens with one attached hydrogen (secondary N) is 1. The van der Waals surface area contributed by atoms with E-state index in [2.05, 4.69) is 5.32 Å². The molecule has 0 bridgehead atoms.